The van der Waals surface area contributed by atoms with Crippen LogP contribution in [-0.4, -0.2) is 10.8 Å². The molecule has 3 aromatic rings. The van der Waals surface area contributed by atoms with Gasteiger partial charge in [0.1, 0.15) is 5.84 Å². The Hall–Kier alpha value is -2.30. The minimum absolute atomic E-state index is 0.574. The Labute approximate surface area is 149 Å². The average Bonchev–Trinajstić information content (AvgIpc) is 2.77. The molecule has 4 rings (SSSR count). The minimum atomic E-state index is 0.574. The molecule has 3 nitrogen and oxygen atoms in total. The third kappa shape index (κ3) is 3.16. The summed E-state index contributed by atoms with van der Waals surface area (Å²) in [6, 6.07) is 18.1. The molecule has 0 radical (unpaired) electrons. The van der Waals surface area contributed by atoms with E-state index in [9.17, 15) is 0 Å². The van der Waals surface area contributed by atoms with E-state index < -0.39 is 0 Å². The molecule has 0 fully saturated rings. The normalized spacial score (nSPS) is 14.5. The van der Waals surface area contributed by atoms with Gasteiger partial charge >= 0.3 is 0 Å². The van der Waals surface area contributed by atoms with Gasteiger partial charge in [-0.25, -0.2) is 0 Å². The first-order valence-electron chi connectivity index (χ1n) is 7.57. The zero-order chi connectivity index (χ0) is 16.4. The Morgan fingerprint density at radius 1 is 1.04 bits per heavy atom. The number of amidine groups is 1. The van der Waals surface area contributed by atoms with Crippen molar-refractivity contribution in [2.24, 2.45) is 4.99 Å². The van der Waals surface area contributed by atoms with Crippen LogP contribution < -0.4 is 5.32 Å². The van der Waals surface area contributed by atoms with Crippen LogP contribution >= 0.6 is 23.4 Å². The van der Waals surface area contributed by atoms with Crippen LogP contribution in [0.4, 0.5) is 5.69 Å². The van der Waals surface area contributed by atoms with Crippen molar-refractivity contribution in [2.75, 3.05) is 5.32 Å². The topological polar surface area (TPSA) is 37.3 Å². The van der Waals surface area contributed by atoms with Crippen molar-refractivity contribution in [1.29, 1.82) is 0 Å². The van der Waals surface area contributed by atoms with Crippen LogP contribution in [0.2, 0.25) is 5.02 Å². The molecule has 1 N–H and O–H groups in total. The highest BCUT2D eigenvalue weighted by molar-refractivity contribution is 7.99. The lowest BCUT2D eigenvalue weighted by molar-refractivity contribution is 1.04. The van der Waals surface area contributed by atoms with E-state index in [1.165, 1.54) is 4.90 Å². The third-order valence-electron chi connectivity index (χ3n) is 3.70. The number of aromatic nitrogens is 1. The van der Waals surface area contributed by atoms with E-state index in [2.05, 4.69) is 22.4 Å². The van der Waals surface area contributed by atoms with Crippen molar-refractivity contribution >= 4 is 34.9 Å². The summed E-state index contributed by atoms with van der Waals surface area (Å²) in [4.78, 5) is 11.3. The zero-order valence-corrected chi connectivity index (χ0v) is 14.3. The maximum absolute atomic E-state index is 6.16. The smallest absolute Gasteiger partial charge is 0.134 e. The SMILES string of the molecule is Clc1ccc2c(c1)NC(=NCc1cccnc1)c1ccccc1S2. The first-order chi connectivity index (χ1) is 11.8. The first kappa shape index (κ1) is 15.2. The van der Waals surface area contributed by atoms with Crippen LogP contribution in [0, 0.1) is 0 Å². The number of nitrogens with one attached hydrogen (secondary N) is 1. The Morgan fingerprint density at radius 3 is 2.83 bits per heavy atom. The summed E-state index contributed by atoms with van der Waals surface area (Å²) in [6.07, 6.45) is 3.61. The molecule has 0 saturated carbocycles. The van der Waals surface area contributed by atoms with E-state index in [0.717, 1.165) is 27.5 Å². The molecule has 1 aromatic heterocycles. The fourth-order valence-corrected chi connectivity index (χ4v) is 3.73. The molecule has 0 bridgehead atoms. The highest BCUT2D eigenvalue weighted by Crippen LogP contribution is 2.39. The van der Waals surface area contributed by atoms with Crippen molar-refractivity contribution in [2.45, 2.75) is 16.3 Å². The molecule has 0 unspecified atom stereocenters. The minimum Gasteiger partial charge on any atom is -0.339 e. The van der Waals surface area contributed by atoms with Crippen LogP contribution in [-0.2, 0) is 6.54 Å². The molecule has 5 heteroatoms. The second-order valence-corrected chi connectivity index (χ2v) is 6.91. The molecular formula is C19H14ClN3S. The lowest BCUT2D eigenvalue weighted by Crippen LogP contribution is -2.14. The monoisotopic (exact) mass is 351 g/mol. The van der Waals surface area contributed by atoms with Crippen molar-refractivity contribution in [1.82, 2.24) is 4.98 Å². The number of hydrogen-bond acceptors (Lipinski definition) is 3. The highest BCUT2D eigenvalue weighted by Gasteiger charge is 2.18. The number of halogens is 1. The predicted octanol–water partition coefficient (Wildman–Crippen LogP) is 5.26. The number of pyridine rings is 1. The molecule has 2 aromatic carbocycles. The van der Waals surface area contributed by atoms with Gasteiger partial charge in [0.25, 0.3) is 0 Å². The van der Waals surface area contributed by atoms with Crippen LogP contribution in [0.15, 0.2) is 81.8 Å². The zero-order valence-electron chi connectivity index (χ0n) is 12.7. The van der Waals surface area contributed by atoms with Gasteiger partial charge in [-0.3, -0.25) is 9.98 Å². The number of anilines is 1. The van der Waals surface area contributed by atoms with E-state index in [1.54, 1.807) is 18.0 Å². The van der Waals surface area contributed by atoms with Crippen LogP contribution in [0.1, 0.15) is 11.1 Å². The molecule has 1 aliphatic heterocycles. The van der Waals surface area contributed by atoms with E-state index in [1.807, 2.05) is 48.7 Å². The van der Waals surface area contributed by atoms with Crippen molar-refractivity contribution in [3.63, 3.8) is 0 Å². The molecule has 118 valence electrons. The first-order valence-corrected chi connectivity index (χ1v) is 8.76. The number of benzene rings is 2. The second kappa shape index (κ2) is 6.67. The van der Waals surface area contributed by atoms with Crippen molar-refractivity contribution in [3.05, 3.63) is 83.1 Å². The molecule has 1 aliphatic rings. The molecular weight excluding hydrogens is 338 g/mol. The summed E-state index contributed by atoms with van der Waals surface area (Å²) in [6.45, 7) is 0.574. The summed E-state index contributed by atoms with van der Waals surface area (Å²) in [7, 11) is 0. The molecule has 24 heavy (non-hydrogen) atoms. The number of fused-ring (bicyclic) bond motifs is 2. The number of rotatable bonds is 2. The Morgan fingerprint density at radius 2 is 1.96 bits per heavy atom. The fourth-order valence-electron chi connectivity index (χ4n) is 2.54. The largest absolute Gasteiger partial charge is 0.339 e. The van der Waals surface area contributed by atoms with Gasteiger partial charge in [0.05, 0.1) is 12.2 Å². The van der Waals surface area contributed by atoms with Gasteiger partial charge in [-0.15, -0.1) is 0 Å². The van der Waals surface area contributed by atoms with Crippen molar-refractivity contribution in [3.8, 4) is 0 Å². The van der Waals surface area contributed by atoms with Crippen molar-refractivity contribution < 1.29 is 0 Å². The quantitative estimate of drug-likeness (QED) is 0.684. The van der Waals surface area contributed by atoms with E-state index >= 15 is 0 Å². The van der Waals surface area contributed by atoms with Gasteiger partial charge in [-0.2, -0.15) is 0 Å². The van der Waals surface area contributed by atoms with Gasteiger partial charge in [0.2, 0.25) is 0 Å². The summed E-state index contributed by atoms with van der Waals surface area (Å²) in [5.41, 5.74) is 3.15. The molecule has 0 spiro atoms. The highest BCUT2D eigenvalue weighted by atomic mass is 35.5. The molecule has 0 aliphatic carbocycles. The molecule has 2 heterocycles. The number of aliphatic imine (C=N–C) groups is 1. The van der Waals surface area contributed by atoms with Gasteiger partial charge in [-0.05, 0) is 35.9 Å². The van der Waals surface area contributed by atoms with Crippen LogP contribution in [0.25, 0.3) is 0 Å². The van der Waals surface area contributed by atoms with E-state index in [-0.39, 0.29) is 0 Å². The fraction of sp³-hybridized carbons (Fsp3) is 0.0526. The maximum atomic E-state index is 6.16. The third-order valence-corrected chi connectivity index (χ3v) is 5.09. The Balaban J connectivity index is 1.77. The summed E-state index contributed by atoms with van der Waals surface area (Å²) >= 11 is 7.89. The molecule has 0 amide bonds. The molecule has 0 saturated heterocycles. The van der Waals surface area contributed by atoms with Crippen LogP contribution in [0.5, 0.6) is 0 Å². The Bertz CT molecular complexity index is 909. The van der Waals surface area contributed by atoms with Crippen LogP contribution in [0.3, 0.4) is 0 Å². The summed E-state index contributed by atoms with van der Waals surface area (Å²) < 4.78 is 0. The average molecular weight is 352 g/mol. The summed E-state index contributed by atoms with van der Waals surface area (Å²) in [5.74, 6) is 0.850. The van der Waals surface area contributed by atoms with Gasteiger partial charge in [-0.1, -0.05) is 47.6 Å². The van der Waals surface area contributed by atoms with E-state index in [4.69, 9.17) is 16.6 Å². The second-order valence-electron chi connectivity index (χ2n) is 5.39. The number of nitrogens with zero attached hydrogens (tertiary/aromatic N) is 2. The standard InChI is InChI=1S/C19H14ClN3S/c20-14-7-8-18-16(10-14)23-19(15-5-1-2-6-17(15)24-18)22-12-13-4-3-9-21-11-13/h1-11H,12H2,(H,22,23). The summed E-state index contributed by atoms with van der Waals surface area (Å²) in [5, 5.41) is 4.16. The Kier molecular flexibility index (Phi) is 4.24. The lowest BCUT2D eigenvalue weighted by atomic mass is 10.2. The lowest BCUT2D eigenvalue weighted by Gasteiger charge is -2.10. The molecule has 0 atom stereocenters. The van der Waals surface area contributed by atoms with Gasteiger partial charge in [0.15, 0.2) is 0 Å². The van der Waals surface area contributed by atoms with Gasteiger partial charge in [0, 0.05) is 32.8 Å². The maximum Gasteiger partial charge on any atom is 0.134 e. The number of hydrogen-bond donors (Lipinski definition) is 1. The van der Waals surface area contributed by atoms with Gasteiger partial charge < -0.3 is 5.32 Å². The predicted molar refractivity (Wildman–Crippen MR) is 100 cm³/mol. The van der Waals surface area contributed by atoms with E-state index in [0.29, 0.717) is 11.6 Å².